The monoisotopic (exact) mass is 290 g/mol. The van der Waals surface area contributed by atoms with Gasteiger partial charge in [0, 0.05) is 30.9 Å². The van der Waals surface area contributed by atoms with Gasteiger partial charge in [0.05, 0.1) is 10.5 Å². The van der Waals surface area contributed by atoms with E-state index in [4.69, 9.17) is 0 Å². The molecule has 0 saturated carbocycles. The van der Waals surface area contributed by atoms with Gasteiger partial charge in [-0.1, -0.05) is 6.07 Å². The number of hydrogen-bond acceptors (Lipinski definition) is 4. The lowest BCUT2D eigenvalue weighted by atomic mass is 10.1. The van der Waals surface area contributed by atoms with E-state index in [0.29, 0.717) is 5.69 Å². The molecule has 2 aromatic rings. The highest BCUT2D eigenvalue weighted by Crippen LogP contribution is 2.23. The summed E-state index contributed by atoms with van der Waals surface area (Å²) in [6.07, 6.45) is 0. The highest BCUT2D eigenvalue weighted by Gasteiger charge is 2.21. The van der Waals surface area contributed by atoms with E-state index in [9.17, 15) is 24.4 Å². The fourth-order valence-electron chi connectivity index (χ4n) is 1.79. The van der Waals surface area contributed by atoms with Gasteiger partial charge in [-0.3, -0.25) is 14.9 Å². The van der Waals surface area contributed by atoms with Crippen molar-refractivity contribution in [2.45, 2.75) is 0 Å². The Balaban J connectivity index is 2.39. The molecule has 2 rings (SSSR count). The molecular formula is C14H11FN2O4. The minimum Gasteiger partial charge on any atom is -0.508 e. The summed E-state index contributed by atoms with van der Waals surface area (Å²) in [5, 5.41) is 20.1. The molecule has 0 atom stereocenters. The Hall–Kier alpha value is -2.96. The molecule has 0 aliphatic heterocycles. The third-order valence-electron chi connectivity index (χ3n) is 2.91. The van der Waals surface area contributed by atoms with Gasteiger partial charge in [0.15, 0.2) is 0 Å². The second-order valence-electron chi connectivity index (χ2n) is 4.31. The highest BCUT2D eigenvalue weighted by atomic mass is 19.1. The summed E-state index contributed by atoms with van der Waals surface area (Å²) in [5.74, 6) is -1.65. The Bertz CT molecular complexity index is 718. The Morgan fingerprint density at radius 2 is 2.00 bits per heavy atom. The van der Waals surface area contributed by atoms with Crippen molar-refractivity contribution in [3.63, 3.8) is 0 Å². The number of hydrogen-bond donors (Lipinski definition) is 1. The molecular weight excluding hydrogens is 279 g/mol. The SMILES string of the molecule is CN(C(=O)c1cc([N+](=O)[O-])ccc1F)c1cccc(O)c1. The molecule has 0 unspecified atom stereocenters. The smallest absolute Gasteiger partial charge is 0.270 e. The number of phenolic OH excluding ortho intramolecular Hbond substituents is 1. The van der Waals surface area contributed by atoms with Gasteiger partial charge < -0.3 is 10.0 Å². The lowest BCUT2D eigenvalue weighted by molar-refractivity contribution is -0.384. The maximum atomic E-state index is 13.7. The summed E-state index contributed by atoms with van der Waals surface area (Å²) in [6, 6.07) is 8.58. The number of carbonyl (C=O) groups excluding carboxylic acids is 1. The number of benzene rings is 2. The van der Waals surface area contributed by atoms with Crippen LogP contribution in [0.5, 0.6) is 5.75 Å². The first-order valence-electron chi connectivity index (χ1n) is 5.91. The van der Waals surface area contributed by atoms with Crippen LogP contribution in [0.3, 0.4) is 0 Å². The number of halogens is 1. The molecule has 21 heavy (non-hydrogen) atoms. The largest absolute Gasteiger partial charge is 0.508 e. The van der Waals surface area contributed by atoms with E-state index in [1.54, 1.807) is 6.07 Å². The predicted octanol–water partition coefficient (Wildman–Crippen LogP) is 2.72. The Morgan fingerprint density at radius 1 is 1.29 bits per heavy atom. The second-order valence-corrected chi connectivity index (χ2v) is 4.31. The van der Waals surface area contributed by atoms with Crippen molar-refractivity contribution in [1.29, 1.82) is 0 Å². The van der Waals surface area contributed by atoms with Gasteiger partial charge in [-0.05, 0) is 18.2 Å². The van der Waals surface area contributed by atoms with Crippen LogP contribution >= 0.6 is 0 Å². The average Bonchev–Trinajstić information content (AvgIpc) is 2.46. The predicted molar refractivity (Wildman–Crippen MR) is 73.9 cm³/mol. The van der Waals surface area contributed by atoms with E-state index in [1.807, 2.05) is 0 Å². The molecule has 108 valence electrons. The minimum absolute atomic E-state index is 0.0494. The highest BCUT2D eigenvalue weighted by molar-refractivity contribution is 6.06. The van der Waals surface area contributed by atoms with Crippen molar-refractivity contribution in [3.8, 4) is 5.75 Å². The number of non-ortho nitro benzene ring substituents is 1. The number of anilines is 1. The van der Waals surface area contributed by atoms with Crippen LogP contribution in [0.4, 0.5) is 15.8 Å². The quantitative estimate of drug-likeness (QED) is 0.695. The molecule has 1 amide bonds. The third-order valence-corrected chi connectivity index (χ3v) is 2.91. The van der Waals surface area contributed by atoms with Crippen molar-refractivity contribution in [1.82, 2.24) is 0 Å². The van der Waals surface area contributed by atoms with Crippen LogP contribution < -0.4 is 4.90 Å². The standard InChI is InChI=1S/C14H11FN2O4/c1-16(9-3-2-4-11(18)7-9)14(19)12-8-10(17(20)21)5-6-13(12)15/h2-8,18H,1H3. The topological polar surface area (TPSA) is 83.7 Å². The summed E-state index contributed by atoms with van der Waals surface area (Å²) in [6.45, 7) is 0. The Kier molecular flexibility index (Phi) is 3.84. The Morgan fingerprint density at radius 3 is 2.62 bits per heavy atom. The number of amides is 1. The average molecular weight is 290 g/mol. The minimum atomic E-state index is -0.849. The molecule has 1 N–H and O–H groups in total. The summed E-state index contributed by atoms with van der Waals surface area (Å²) >= 11 is 0. The maximum Gasteiger partial charge on any atom is 0.270 e. The van der Waals surface area contributed by atoms with Crippen LogP contribution in [0, 0.1) is 15.9 Å². The van der Waals surface area contributed by atoms with E-state index in [0.717, 1.165) is 23.1 Å². The first-order valence-corrected chi connectivity index (χ1v) is 5.91. The first kappa shape index (κ1) is 14.4. The number of nitro benzene ring substituents is 1. The summed E-state index contributed by atoms with van der Waals surface area (Å²) in [7, 11) is 1.38. The number of carbonyl (C=O) groups is 1. The molecule has 0 bridgehead atoms. The molecule has 0 aliphatic carbocycles. The number of phenols is 1. The van der Waals surface area contributed by atoms with E-state index in [2.05, 4.69) is 0 Å². The van der Waals surface area contributed by atoms with Gasteiger partial charge >= 0.3 is 0 Å². The fraction of sp³-hybridized carbons (Fsp3) is 0.0714. The number of nitrogens with zero attached hydrogens (tertiary/aromatic N) is 2. The molecule has 0 aliphatic rings. The zero-order chi connectivity index (χ0) is 15.6. The lowest BCUT2D eigenvalue weighted by Gasteiger charge is -2.17. The molecule has 0 fully saturated rings. The maximum absolute atomic E-state index is 13.7. The lowest BCUT2D eigenvalue weighted by Crippen LogP contribution is -2.27. The number of aromatic hydroxyl groups is 1. The van der Waals surface area contributed by atoms with Gasteiger partial charge in [-0.15, -0.1) is 0 Å². The molecule has 0 heterocycles. The van der Waals surface area contributed by atoms with Crippen molar-refractivity contribution in [3.05, 3.63) is 64.0 Å². The van der Waals surface area contributed by atoms with E-state index in [1.165, 1.54) is 25.2 Å². The van der Waals surface area contributed by atoms with Crippen LogP contribution in [0.2, 0.25) is 0 Å². The number of rotatable bonds is 3. The second kappa shape index (κ2) is 5.58. The third kappa shape index (κ3) is 2.97. The van der Waals surface area contributed by atoms with Crippen molar-refractivity contribution < 1.29 is 19.2 Å². The van der Waals surface area contributed by atoms with Crippen LogP contribution in [0.1, 0.15) is 10.4 Å². The zero-order valence-corrected chi connectivity index (χ0v) is 11.0. The van der Waals surface area contributed by atoms with Gasteiger partial charge in [0.25, 0.3) is 11.6 Å². The summed E-state index contributed by atoms with van der Waals surface area (Å²) in [4.78, 5) is 23.3. The zero-order valence-electron chi connectivity index (χ0n) is 11.0. The van der Waals surface area contributed by atoms with Gasteiger partial charge in [-0.2, -0.15) is 0 Å². The van der Waals surface area contributed by atoms with E-state index in [-0.39, 0.29) is 11.4 Å². The van der Waals surface area contributed by atoms with Crippen LogP contribution in [0.25, 0.3) is 0 Å². The normalized spacial score (nSPS) is 10.2. The first-order chi connectivity index (χ1) is 9.90. The molecule has 2 aromatic carbocycles. The molecule has 0 saturated heterocycles. The summed E-state index contributed by atoms with van der Waals surface area (Å²) < 4.78 is 13.7. The molecule has 0 radical (unpaired) electrons. The van der Waals surface area contributed by atoms with E-state index >= 15 is 0 Å². The van der Waals surface area contributed by atoms with Crippen molar-refractivity contribution in [2.75, 3.05) is 11.9 Å². The van der Waals surface area contributed by atoms with Gasteiger partial charge in [-0.25, -0.2) is 4.39 Å². The van der Waals surface area contributed by atoms with Gasteiger partial charge in [0.2, 0.25) is 0 Å². The Labute approximate surface area is 119 Å². The van der Waals surface area contributed by atoms with Crippen LogP contribution in [-0.2, 0) is 0 Å². The molecule has 7 heteroatoms. The number of nitro groups is 1. The van der Waals surface area contributed by atoms with E-state index < -0.39 is 22.2 Å². The summed E-state index contributed by atoms with van der Waals surface area (Å²) in [5.41, 5.74) is -0.440. The van der Waals surface area contributed by atoms with Crippen molar-refractivity contribution in [2.24, 2.45) is 0 Å². The van der Waals surface area contributed by atoms with Gasteiger partial charge in [0.1, 0.15) is 11.6 Å². The molecule has 6 nitrogen and oxygen atoms in total. The fourth-order valence-corrected chi connectivity index (χ4v) is 1.79. The molecule has 0 spiro atoms. The molecule has 0 aromatic heterocycles. The van der Waals surface area contributed by atoms with Crippen molar-refractivity contribution >= 4 is 17.3 Å². The van der Waals surface area contributed by atoms with Crippen LogP contribution in [0.15, 0.2) is 42.5 Å². The van der Waals surface area contributed by atoms with Crippen LogP contribution in [-0.4, -0.2) is 23.0 Å².